The molecule has 0 aliphatic carbocycles. The molecule has 0 heterocycles. The second-order valence-corrected chi connectivity index (χ2v) is 3.37. The molecule has 0 amide bonds. The first-order chi connectivity index (χ1) is 4.56. The Bertz CT molecular complexity index is 159. The van der Waals surface area contributed by atoms with E-state index in [2.05, 4.69) is 25.8 Å². The molecule has 0 spiro atoms. The number of allylic oxidation sites excluding steroid dienone is 1. The Morgan fingerprint density at radius 1 is 1.50 bits per heavy atom. The van der Waals surface area contributed by atoms with Crippen LogP contribution in [0.4, 0.5) is 0 Å². The highest BCUT2D eigenvalue weighted by Crippen LogP contribution is 2.18. The van der Waals surface area contributed by atoms with E-state index in [0.29, 0.717) is 0 Å². The molecule has 0 atom stereocenters. The van der Waals surface area contributed by atoms with E-state index in [4.69, 9.17) is 0 Å². The van der Waals surface area contributed by atoms with Crippen LogP contribution in [0.1, 0.15) is 27.2 Å². The van der Waals surface area contributed by atoms with Crippen molar-refractivity contribution in [2.75, 3.05) is 0 Å². The molecule has 0 saturated heterocycles. The van der Waals surface area contributed by atoms with Crippen LogP contribution in [0, 0.1) is 5.41 Å². The summed E-state index contributed by atoms with van der Waals surface area (Å²) in [7, 11) is 0. The minimum Gasteiger partial charge on any atom is -0.211 e. The van der Waals surface area contributed by atoms with Gasteiger partial charge in [0, 0.05) is 6.20 Å². The molecule has 2 nitrogen and oxygen atoms in total. The van der Waals surface area contributed by atoms with E-state index in [0.717, 1.165) is 6.42 Å². The van der Waals surface area contributed by atoms with Crippen molar-refractivity contribution in [2.45, 2.75) is 27.2 Å². The van der Waals surface area contributed by atoms with Gasteiger partial charge >= 0.3 is 0 Å². The largest absolute Gasteiger partial charge is 0.239 e. The molecule has 0 aliphatic rings. The maximum atomic E-state index is 9.59. The Kier molecular flexibility index (Phi) is 3.67. The average Bonchev–Trinajstić information content (AvgIpc) is 1.78. The number of aliphatic imine (C=N–C) groups is 1. The second kappa shape index (κ2) is 4.02. The van der Waals surface area contributed by atoms with Crippen molar-refractivity contribution in [1.29, 1.82) is 0 Å². The SMILES string of the molecule is CC(C)(C)C/C=C\N=C=O. The summed E-state index contributed by atoms with van der Waals surface area (Å²) in [6, 6.07) is 0. The normalized spacial score (nSPS) is 11.5. The topological polar surface area (TPSA) is 29.4 Å². The molecule has 56 valence electrons. The van der Waals surface area contributed by atoms with Gasteiger partial charge in [0.15, 0.2) is 0 Å². The van der Waals surface area contributed by atoms with Crippen LogP contribution in [-0.4, -0.2) is 6.08 Å². The van der Waals surface area contributed by atoms with Gasteiger partial charge in [0.25, 0.3) is 0 Å². The van der Waals surface area contributed by atoms with E-state index >= 15 is 0 Å². The fourth-order valence-corrected chi connectivity index (χ4v) is 0.489. The molecule has 0 aliphatic heterocycles. The first-order valence-corrected chi connectivity index (χ1v) is 3.28. The van der Waals surface area contributed by atoms with Crippen LogP contribution in [0.5, 0.6) is 0 Å². The van der Waals surface area contributed by atoms with Gasteiger partial charge in [-0.2, -0.15) is 4.99 Å². The first kappa shape index (κ1) is 9.12. The van der Waals surface area contributed by atoms with E-state index in [9.17, 15) is 4.79 Å². The van der Waals surface area contributed by atoms with Crippen molar-refractivity contribution in [2.24, 2.45) is 10.4 Å². The molecule has 0 aromatic rings. The summed E-state index contributed by atoms with van der Waals surface area (Å²) < 4.78 is 0. The van der Waals surface area contributed by atoms with Gasteiger partial charge in [-0.05, 0) is 11.8 Å². The molecule has 2 heteroatoms. The number of hydrogen-bond acceptors (Lipinski definition) is 2. The van der Waals surface area contributed by atoms with Crippen LogP contribution in [0.15, 0.2) is 17.3 Å². The third-order valence-corrected chi connectivity index (χ3v) is 0.963. The molecule has 0 fully saturated rings. The Morgan fingerprint density at radius 3 is 2.50 bits per heavy atom. The highest BCUT2D eigenvalue weighted by Gasteiger charge is 2.05. The summed E-state index contributed by atoms with van der Waals surface area (Å²) in [5.74, 6) is 0. The maximum absolute atomic E-state index is 9.59. The lowest BCUT2D eigenvalue weighted by molar-refractivity contribution is 0.420. The molecule has 10 heavy (non-hydrogen) atoms. The standard InChI is InChI=1S/C8H13NO/c1-8(2,3)5-4-6-9-7-10/h4,6H,5H2,1-3H3/b6-4-. The van der Waals surface area contributed by atoms with Crippen molar-refractivity contribution in [3.05, 3.63) is 12.3 Å². The van der Waals surface area contributed by atoms with E-state index in [1.54, 1.807) is 0 Å². The molecule has 0 radical (unpaired) electrons. The Labute approximate surface area is 61.7 Å². The number of hydrogen-bond donors (Lipinski definition) is 0. The van der Waals surface area contributed by atoms with Gasteiger partial charge in [0.2, 0.25) is 6.08 Å². The summed E-state index contributed by atoms with van der Waals surface area (Å²) in [5, 5.41) is 0. The van der Waals surface area contributed by atoms with Gasteiger partial charge in [0.1, 0.15) is 0 Å². The first-order valence-electron chi connectivity index (χ1n) is 3.28. The smallest absolute Gasteiger partial charge is 0.211 e. The molecule has 0 aromatic heterocycles. The lowest BCUT2D eigenvalue weighted by atomic mass is 9.92. The van der Waals surface area contributed by atoms with Crippen molar-refractivity contribution in [3.8, 4) is 0 Å². The fraction of sp³-hybridized carbons (Fsp3) is 0.625. The van der Waals surface area contributed by atoms with E-state index in [-0.39, 0.29) is 5.41 Å². The highest BCUT2D eigenvalue weighted by molar-refractivity contribution is 5.34. The number of nitrogens with zero attached hydrogens (tertiary/aromatic N) is 1. The van der Waals surface area contributed by atoms with Gasteiger partial charge < -0.3 is 0 Å². The number of carbonyl (C=O) groups excluding carboxylic acids is 1. The van der Waals surface area contributed by atoms with Gasteiger partial charge in [-0.1, -0.05) is 26.8 Å². The predicted molar refractivity (Wildman–Crippen MR) is 41.3 cm³/mol. The molecular formula is C8H13NO. The van der Waals surface area contributed by atoms with Crippen LogP contribution in [0.3, 0.4) is 0 Å². The second-order valence-electron chi connectivity index (χ2n) is 3.37. The van der Waals surface area contributed by atoms with E-state index in [1.165, 1.54) is 12.3 Å². The number of isocyanates is 1. The third kappa shape index (κ3) is 7.12. The third-order valence-electron chi connectivity index (χ3n) is 0.963. The van der Waals surface area contributed by atoms with Crippen molar-refractivity contribution in [1.82, 2.24) is 0 Å². The number of rotatable bonds is 2. The van der Waals surface area contributed by atoms with Gasteiger partial charge in [-0.3, -0.25) is 0 Å². The molecule has 0 unspecified atom stereocenters. The van der Waals surface area contributed by atoms with Crippen molar-refractivity contribution in [3.63, 3.8) is 0 Å². The molecule has 0 bridgehead atoms. The molecule has 0 saturated carbocycles. The van der Waals surface area contributed by atoms with Crippen LogP contribution >= 0.6 is 0 Å². The zero-order chi connectivity index (χ0) is 8.04. The van der Waals surface area contributed by atoms with Crippen LogP contribution < -0.4 is 0 Å². The Balaban J connectivity index is 3.64. The van der Waals surface area contributed by atoms with E-state index < -0.39 is 0 Å². The fourth-order valence-electron chi connectivity index (χ4n) is 0.489. The predicted octanol–water partition coefficient (Wildman–Crippen LogP) is 2.27. The minimum absolute atomic E-state index is 0.273. The summed E-state index contributed by atoms with van der Waals surface area (Å²) in [6.45, 7) is 6.38. The van der Waals surface area contributed by atoms with E-state index in [1.807, 2.05) is 6.08 Å². The van der Waals surface area contributed by atoms with Gasteiger partial charge in [0.05, 0.1) is 0 Å². The zero-order valence-corrected chi connectivity index (χ0v) is 6.72. The average molecular weight is 139 g/mol. The summed E-state index contributed by atoms with van der Waals surface area (Å²) in [4.78, 5) is 12.9. The summed E-state index contributed by atoms with van der Waals surface area (Å²) in [6.07, 6.45) is 5.72. The van der Waals surface area contributed by atoms with Crippen LogP contribution in [0.2, 0.25) is 0 Å². The molecule has 0 rings (SSSR count). The highest BCUT2D eigenvalue weighted by atomic mass is 16.1. The zero-order valence-electron chi connectivity index (χ0n) is 6.72. The quantitative estimate of drug-likeness (QED) is 0.426. The van der Waals surface area contributed by atoms with Crippen molar-refractivity contribution < 1.29 is 4.79 Å². The van der Waals surface area contributed by atoms with Gasteiger partial charge in [-0.25, -0.2) is 4.79 Å². The Morgan fingerprint density at radius 2 is 2.10 bits per heavy atom. The van der Waals surface area contributed by atoms with Crippen LogP contribution in [-0.2, 0) is 4.79 Å². The lowest BCUT2D eigenvalue weighted by Crippen LogP contribution is -2.01. The van der Waals surface area contributed by atoms with Gasteiger partial charge in [-0.15, -0.1) is 0 Å². The lowest BCUT2D eigenvalue weighted by Gasteiger charge is -2.13. The summed E-state index contributed by atoms with van der Waals surface area (Å²) in [5.41, 5.74) is 0.273. The molecule has 0 N–H and O–H groups in total. The summed E-state index contributed by atoms with van der Waals surface area (Å²) >= 11 is 0. The monoisotopic (exact) mass is 139 g/mol. The van der Waals surface area contributed by atoms with Crippen LogP contribution in [0.25, 0.3) is 0 Å². The van der Waals surface area contributed by atoms with Crippen molar-refractivity contribution >= 4 is 6.08 Å². The maximum Gasteiger partial charge on any atom is 0.239 e. The minimum atomic E-state index is 0.273. The molecule has 0 aromatic carbocycles. The Hall–Kier alpha value is -0.880. The molecular weight excluding hydrogens is 126 g/mol.